The normalized spacial score (nSPS) is 24.0. The summed E-state index contributed by atoms with van der Waals surface area (Å²) >= 11 is 0. The molecule has 1 heterocycles. The molecule has 1 aliphatic rings. The van der Waals surface area contributed by atoms with E-state index in [1.165, 1.54) is 0 Å². The molecule has 11 heavy (non-hydrogen) atoms. The van der Waals surface area contributed by atoms with Gasteiger partial charge in [0.15, 0.2) is 0 Å². The molecule has 1 saturated heterocycles. The maximum absolute atomic E-state index is 10.8. The third kappa shape index (κ3) is 2.10. The van der Waals surface area contributed by atoms with E-state index in [4.69, 9.17) is 5.73 Å². The van der Waals surface area contributed by atoms with Crippen molar-refractivity contribution in [2.24, 2.45) is 5.73 Å². The van der Waals surface area contributed by atoms with Crippen LogP contribution in [0.5, 0.6) is 0 Å². The van der Waals surface area contributed by atoms with Gasteiger partial charge in [0.1, 0.15) is 0 Å². The van der Waals surface area contributed by atoms with E-state index in [9.17, 15) is 9.59 Å². The molecule has 0 aromatic rings. The van der Waals surface area contributed by atoms with Gasteiger partial charge in [-0.05, 0) is 12.8 Å². The molecule has 5 heteroatoms. The zero-order valence-electron chi connectivity index (χ0n) is 5.91. The van der Waals surface area contributed by atoms with Crippen LogP contribution in [-0.2, 0) is 14.3 Å². The lowest BCUT2D eigenvalue weighted by Gasteiger charge is -2.19. The maximum atomic E-state index is 10.8. The minimum absolute atomic E-state index is 0.400. The van der Waals surface area contributed by atoms with Crippen molar-refractivity contribution in [1.82, 2.24) is 0 Å². The number of carbonyl (C=O) groups excluding carboxylic acids is 2. The van der Waals surface area contributed by atoms with E-state index in [-0.39, 0.29) is 0 Å². The lowest BCUT2D eigenvalue weighted by Crippen LogP contribution is -2.35. The summed E-state index contributed by atoms with van der Waals surface area (Å²) in [5, 5.41) is 0. The van der Waals surface area contributed by atoms with Gasteiger partial charge in [0.25, 0.3) is 0 Å². The number of esters is 1. The number of primary amides is 1. The zero-order chi connectivity index (χ0) is 8.27. The Hall–Kier alpha value is -1.26. The number of hydrogen-bond donors (Lipinski definition) is 1. The van der Waals surface area contributed by atoms with E-state index in [1.54, 1.807) is 0 Å². The van der Waals surface area contributed by atoms with E-state index in [0.717, 1.165) is 0 Å². The highest BCUT2D eigenvalue weighted by Gasteiger charge is 2.26. The van der Waals surface area contributed by atoms with Gasteiger partial charge in [0.2, 0.25) is 6.10 Å². The van der Waals surface area contributed by atoms with E-state index in [2.05, 4.69) is 9.47 Å². The summed E-state index contributed by atoms with van der Waals surface area (Å²) in [4.78, 5) is 21.0. The van der Waals surface area contributed by atoms with Gasteiger partial charge in [-0.3, -0.25) is 0 Å². The predicted octanol–water partition coefficient (Wildman–Crippen LogP) is -0.213. The van der Waals surface area contributed by atoms with Crippen LogP contribution >= 0.6 is 0 Å². The largest absolute Gasteiger partial charge is 0.463 e. The quantitative estimate of drug-likeness (QED) is 0.537. The molecule has 1 atom stereocenters. The van der Waals surface area contributed by atoms with Crippen molar-refractivity contribution in [1.29, 1.82) is 0 Å². The molecule has 2 N–H and O–H groups in total. The van der Waals surface area contributed by atoms with Gasteiger partial charge in [-0.15, -0.1) is 0 Å². The van der Waals surface area contributed by atoms with Crippen LogP contribution in [-0.4, -0.2) is 24.8 Å². The van der Waals surface area contributed by atoms with Gasteiger partial charge in [-0.25, -0.2) is 9.59 Å². The Morgan fingerprint density at radius 3 is 3.00 bits per heavy atom. The molecule has 0 saturated carbocycles. The Morgan fingerprint density at radius 2 is 2.45 bits per heavy atom. The molecular weight excluding hydrogens is 150 g/mol. The summed E-state index contributed by atoms with van der Waals surface area (Å²) < 4.78 is 9.09. The molecule has 1 aliphatic heterocycles. The van der Waals surface area contributed by atoms with Crippen molar-refractivity contribution in [2.75, 3.05) is 6.61 Å². The number of rotatable bonds is 1. The standard InChI is InChI=1S/C6H9NO4/c7-6(9)11-4-2-1-3-10-5(4)8/h4H,1-3H2,(H2,7,9). The molecule has 5 nitrogen and oxygen atoms in total. The van der Waals surface area contributed by atoms with Crippen molar-refractivity contribution in [3.8, 4) is 0 Å². The van der Waals surface area contributed by atoms with Gasteiger partial charge < -0.3 is 15.2 Å². The van der Waals surface area contributed by atoms with E-state index < -0.39 is 18.2 Å². The van der Waals surface area contributed by atoms with E-state index in [1.807, 2.05) is 0 Å². The third-order valence-electron chi connectivity index (χ3n) is 1.38. The van der Waals surface area contributed by atoms with Crippen LogP contribution in [0.3, 0.4) is 0 Å². The molecule has 0 spiro atoms. The predicted molar refractivity (Wildman–Crippen MR) is 34.6 cm³/mol. The first-order chi connectivity index (χ1) is 5.20. The smallest absolute Gasteiger partial charge is 0.405 e. The Labute approximate surface area is 63.4 Å². The number of carbonyl (C=O) groups is 2. The van der Waals surface area contributed by atoms with Crippen LogP contribution < -0.4 is 5.73 Å². The molecule has 1 unspecified atom stereocenters. The van der Waals surface area contributed by atoms with Gasteiger partial charge in [0.05, 0.1) is 6.61 Å². The van der Waals surface area contributed by atoms with E-state index >= 15 is 0 Å². The third-order valence-corrected chi connectivity index (χ3v) is 1.38. The summed E-state index contributed by atoms with van der Waals surface area (Å²) in [5.41, 5.74) is 4.72. The molecular formula is C6H9NO4. The number of hydrogen-bond acceptors (Lipinski definition) is 4. The monoisotopic (exact) mass is 159 g/mol. The first-order valence-electron chi connectivity index (χ1n) is 3.33. The number of cyclic esters (lactones) is 1. The Morgan fingerprint density at radius 1 is 1.73 bits per heavy atom. The summed E-state index contributed by atoms with van der Waals surface area (Å²) in [7, 11) is 0. The lowest BCUT2D eigenvalue weighted by molar-refractivity contribution is -0.158. The second-order valence-corrected chi connectivity index (χ2v) is 2.24. The second kappa shape index (κ2) is 3.23. The van der Waals surface area contributed by atoms with E-state index in [0.29, 0.717) is 19.4 Å². The summed E-state index contributed by atoms with van der Waals surface area (Å²) in [6.45, 7) is 0.400. The zero-order valence-corrected chi connectivity index (χ0v) is 5.91. The Balaban J connectivity index is 2.42. The topological polar surface area (TPSA) is 78.6 Å². The average Bonchev–Trinajstić information content (AvgIpc) is 1.93. The molecule has 1 fully saturated rings. The molecule has 0 radical (unpaired) electrons. The number of amides is 1. The minimum atomic E-state index is -0.936. The second-order valence-electron chi connectivity index (χ2n) is 2.24. The summed E-state index contributed by atoms with van der Waals surface area (Å²) in [5.74, 6) is -0.505. The SMILES string of the molecule is NC(=O)OC1CCCOC1=O. The van der Waals surface area contributed by atoms with Gasteiger partial charge in [-0.2, -0.15) is 0 Å². The summed E-state index contributed by atoms with van der Waals surface area (Å²) in [6.07, 6.45) is -0.513. The molecule has 0 aromatic carbocycles. The van der Waals surface area contributed by atoms with Crippen molar-refractivity contribution in [3.63, 3.8) is 0 Å². The highest BCUT2D eigenvalue weighted by Crippen LogP contribution is 2.10. The number of ether oxygens (including phenoxy) is 2. The molecule has 1 amide bonds. The van der Waals surface area contributed by atoms with Gasteiger partial charge in [0, 0.05) is 0 Å². The molecule has 1 rings (SSSR count). The van der Waals surface area contributed by atoms with Gasteiger partial charge in [-0.1, -0.05) is 0 Å². The Kier molecular flexibility index (Phi) is 2.30. The minimum Gasteiger partial charge on any atom is -0.463 e. The van der Waals surface area contributed by atoms with Crippen LogP contribution in [0.25, 0.3) is 0 Å². The number of nitrogens with two attached hydrogens (primary N) is 1. The molecule has 0 aliphatic carbocycles. The Bertz CT molecular complexity index is 179. The fourth-order valence-electron chi connectivity index (χ4n) is 0.900. The van der Waals surface area contributed by atoms with Crippen molar-refractivity contribution in [2.45, 2.75) is 18.9 Å². The van der Waals surface area contributed by atoms with Crippen molar-refractivity contribution < 1.29 is 19.1 Å². The molecule has 62 valence electrons. The molecule has 0 bridgehead atoms. The van der Waals surface area contributed by atoms with Crippen molar-refractivity contribution >= 4 is 12.1 Å². The molecule has 0 aromatic heterocycles. The highest BCUT2D eigenvalue weighted by atomic mass is 16.6. The maximum Gasteiger partial charge on any atom is 0.405 e. The fourth-order valence-corrected chi connectivity index (χ4v) is 0.900. The van der Waals surface area contributed by atoms with Gasteiger partial charge >= 0.3 is 12.1 Å². The van der Waals surface area contributed by atoms with Crippen LogP contribution in [0.2, 0.25) is 0 Å². The van der Waals surface area contributed by atoms with Crippen LogP contribution in [0.4, 0.5) is 4.79 Å². The average molecular weight is 159 g/mol. The van der Waals surface area contributed by atoms with Crippen LogP contribution in [0.15, 0.2) is 0 Å². The fraction of sp³-hybridized carbons (Fsp3) is 0.667. The first kappa shape index (κ1) is 7.84. The lowest BCUT2D eigenvalue weighted by atomic mass is 10.2. The first-order valence-corrected chi connectivity index (χ1v) is 3.33. The van der Waals surface area contributed by atoms with Crippen LogP contribution in [0, 0.1) is 0 Å². The summed E-state index contributed by atoms with van der Waals surface area (Å²) in [6, 6.07) is 0. The van der Waals surface area contributed by atoms with Crippen molar-refractivity contribution in [3.05, 3.63) is 0 Å². The highest BCUT2D eigenvalue weighted by molar-refractivity contribution is 5.78. The van der Waals surface area contributed by atoms with Crippen LogP contribution in [0.1, 0.15) is 12.8 Å².